The number of nitrogens with zero attached hydrogens (tertiary/aromatic N) is 3. The molecule has 1 saturated carbocycles. The molecule has 1 unspecified atom stereocenters. The standard InChI is InChI=1S/C27H28N4O3/c1-30-25(33)22-21(17-6-3-2-4-7-17)23(18-8-10-19(11-9-18)27(28)13-5-14-27)34-24(22)29-26(30)31-15-12-20(32)16-31/h2-4,6-11,20,32H,5,12-16,28H2,1H3. The van der Waals surface area contributed by atoms with Crippen LogP contribution in [0.1, 0.15) is 31.2 Å². The van der Waals surface area contributed by atoms with E-state index in [2.05, 4.69) is 12.1 Å². The fraction of sp³-hybridized carbons (Fsp3) is 0.333. The Kier molecular flexibility index (Phi) is 4.86. The van der Waals surface area contributed by atoms with E-state index in [4.69, 9.17) is 15.1 Å². The van der Waals surface area contributed by atoms with Gasteiger partial charge in [-0.2, -0.15) is 4.98 Å². The average molecular weight is 457 g/mol. The van der Waals surface area contributed by atoms with E-state index in [0.29, 0.717) is 42.3 Å². The number of β-amino-alcohol motifs (C(OH)–C–C–N with tert-alkyl or cyclic N) is 1. The maximum absolute atomic E-state index is 13.6. The summed E-state index contributed by atoms with van der Waals surface area (Å²) in [5.74, 6) is 1.13. The first-order chi connectivity index (χ1) is 16.4. The highest BCUT2D eigenvalue weighted by molar-refractivity contribution is 6.00. The molecule has 1 atom stereocenters. The monoisotopic (exact) mass is 456 g/mol. The molecule has 0 radical (unpaired) electrons. The van der Waals surface area contributed by atoms with E-state index >= 15 is 0 Å². The number of anilines is 1. The Labute approximate surface area is 197 Å². The maximum Gasteiger partial charge on any atom is 0.266 e. The summed E-state index contributed by atoms with van der Waals surface area (Å²) in [5, 5.41) is 10.5. The van der Waals surface area contributed by atoms with Crippen molar-refractivity contribution in [1.82, 2.24) is 9.55 Å². The van der Waals surface area contributed by atoms with Crippen LogP contribution in [0.15, 0.2) is 63.8 Å². The van der Waals surface area contributed by atoms with Gasteiger partial charge in [0.1, 0.15) is 11.1 Å². The third-order valence-corrected chi connectivity index (χ3v) is 7.39. The number of rotatable bonds is 4. The van der Waals surface area contributed by atoms with E-state index in [0.717, 1.165) is 41.5 Å². The third kappa shape index (κ3) is 3.27. The summed E-state index contributed by atoms with van der Waals surface area (Å²) in [6, 6.07) is 18.0. The fourth-order valence-electron chi connectivity index (χ4n) is 5.21. The van der Waals surface area contributed by atoms with E-state index in [1.807, 2.05) is 47.4 Å². The number of nitrogens with two attached hydrogens (primary N) is 1. The summed E-state index contributed by atoms with van der Waals surface area (Å²) in [4.78, 5) is 20.3. The molecule has 34 heavy (non-hydrogen) atoms. The molecule has 6 rings (SSSR count). The van der Waals surface area contributed by atoms with Crippen molar-refractivity contribution < 1.29 is 9.52 Å². The number of aromatic nitrogens is 2. The molecule has 1 aliphatic heterocycles. The first-order valence-corrected chi connectivity index (χ1v) is 11.9. The Morgan fingerprint density at radius 1 is 1.09 bits per heavy atom. The van der Waals surface area contributed by atoms with Crippen molar-refractivity contribution in [3.63, 3.8) is 0 Å². The number of fused-ring (bicyclic) bond motifs is 1. The molecule has 3 N–H and O–H groups in total. The van der Waals surface area contributed by atoms with Crippen LogP contribution in [0.2, 0.25) is 0 Å². The van der Waals surface area contributed by atoms with Crippen molar-refractivity contribution >= 4 is 17.0 Å². The third-order valence-electron chi connectivity index (χ3n) is 7.39. The first-order valence-electron chi connectivity index (χ1n) is 11.9. The summed E-state index contributed by atoms with van der Waals surface area (Å²) in [6.07, 6.45) is 3.40. The summed E-state index contributed by atoms with van der Waals surface area (Å²) in [7, 11) is 1.73. The lowest BCUT2D eigenvalue weighted by Gasteiger charge is -2.38. The van der Waals surface area contributed by atoms with Crippen molar-refractivity contribution in [2.75, 3.05) is 18.0 Å². The normalized spacial score (nSPS) is 19.5. The summed E-state index contributed by atoms with van der Waals surface area (Å²) in [6.45, 7) is 1.10. The van der Waals surface area contributed by atoms with E-state index < -0.39 is 6.10 Å². The minimum absolute atomic E-state index is 0.165. The predicted molar refractivity (Wildman–Crippen MR) is 133 cm³/mol. The molecular formula is C27H28N4O3. The zero-order valence-corrected chi connectivity index (χ0v) is 19.2. The topological polar surface area (TPSA) is 97.5 Å². The molecule has 2 aromatic heterocycles. The van der Waals surface area contributed by atoms with Gasteiger partial charge in [-0.3, -0.25) is 9.36 Å². The Hall–Kier alpha value is -3.42. The Morgan fingerprint density at radius 2 is 1.82 bits per heavy atom. The lowest BCUT2D eigenvalue weighted by Crippen LogP contribution is -2.43. The van der Waals surface area contributed by atoms with Gasteiger partial charge in [0, 0.05) is 36.8 Å². The minimum Gasteiger partial charge on any atom is -0.437 e. The number of aliphatic hydroxyl groups is 1. The van der Waals surface area contributed by atoms with Gasteiger partial charge in [0.25, 0.3) is 5.56 Å². The second kappa shape index (κ2) is 7.82. The lowest BCUT2D eigenvalue weighted by molar-refractivity contribution is 0.198. The zero-order valence-electron chi connectivity index (χ0n) is 19.2. The number of aliphatic hydroxyl groups excluding tert-OH is 1. The molecule has 0 bridgehead atoms. The number of benzene rings is 2. The van der Waals surface area contributed by atoms with Gasteiger partial charge >= 0.3 is 0 Å². The number of hydrogen-bond donors (Lipinski definition) is 2. The highest BCUT2D eigenvalue weighted by Crippen LogP contribution is 2.42. The molecule has 174 valence electrons. The molecule has 0 amide bonds. The SMILES string of the molecule is Cn1c(N2CCC(O)C2)nc2oc(-c3ccc(C4(N)CCC4)cc3)c(-c3ccccc3)c2c1=O. The Balaban J connectivity index is 1.55. The summed E-state index contributed by atoms with van der Waals surface area (Å²) in [5.41, 5.74) is 10.1. The molecule has 3 heterocycles. The number of furan rings is 1. The van der Waals surface area contributed by atoms with Crippen LogP contribution >= 0.6 is 0 Å². The van der Waals surface area contributed by atoms with Crippen LogP contribution < -0.4 is 16.2 Å². The predicted octanol–water partition coefficient (Wildman–Crippen LogP) is 3.77. The summed E-state index contributed by atoms with van der Waals surface area (Å²) >= 11 is 0. The lowest BCUT2D eigenvalue weighted by atomic mass is 9.72. The maximum atomic E-state index is 13.6. The smallest absolute Gasteiger partial charge is 0.266 e. The first kappa shape index (κ1) is 21.1. The van der Waals surface area contributed by atoms with Crippen molar-refractivity contribution in [1.29, 1.82) is 0 Å². The van der Waals surface area contributed by atoms with Gasteiger partial charge in [0.05, 0.1) is 6.10 Å². The van der Waals surface area contributed by atoms with E-state index in [-0.39, 0.29) is 11.1 Å². The van der Waals surface area contributed by atoms with Crippen molar-refractivity contribution in [2.45, 2.75) is 37.3 Å². The fourth-order valence-corrected chi connectivity index (χ4v) is 5.21. The van der Waals surface area contributed by atoms with Crippen molar-refractivity contribution in [3.05, 3.63) is 70.5 Å². The van der Waals surface area contributed by atoms with Gasteiger partial charge in [-0.05, 0) is 36.8 Å². The second-order valence-electron chi connectivity index (χ2n) is 9.60. The van der Waals surface area contributed by atoms with E-state index in [1.54, 1.807) is 11.6 Å². The molecule has 2 fully saturated rings. The van der Waals surface area contributed by atoms with Crippen LogP contribution in [0, 0.1) is 0 Å². The highest BCUT2D eigenvalue weighted by atomic mass is 16.3. The van der Waals surface area contributed by atoms with Crippen LogP contribution in [-0.2, 0) is 12.6 Å². The Bertz CT molecular complexity index is 1420. The molecular weight excluding hydrogens is 428 g/mol. The van der Waals surface area contributed by atoms with Gasteiger partial charge in [-0.1, -0.05) is 54.6 Å². The van der Waals surface area contributed by atoms with Crippen LogP contribution in [-0.4, -0.2) is 33.9 Å². The largest absolute Gasteiger partial charge is 0.437 e. The minimum atomic E-state index is -0.417. The average Bonchev–Trinajstić information content (AvgIpc) is 3.44. The molecule has 4 aromatic rings. The number of hydrogen-bond acceptors (Lipinski definition) is 6. The molecule has 1 aliphatic carbocycles. The molecule has 2 aromatic carbocycles. The van der Waals surface area contributed by atoms with Crippen LogP contribution in [0.5, 0.6) is 0 Å². The second-order valence-corrected chi connectivity index (χ2v) is 9.60. The van der Waals surface area contributed by atoms with E-state index in [1.165, 1.54) is 0 Å². The van der Waals surface area contributed by atoms with Gasteiger partial charge < -0.3 is 20.2 Å². The van der Waals surface area contributed by atoms with Gasteiger partial charge in [0.2, 0.25) is 11.7 Å². The Morgan fingerprint density at radius 3 is 2.44 bits per heavy atom. The molecule has 7 heteroatoms. The molecule has 2 aliphatic rings. The highest BCUT2D eigenvalue weighted by Gasteiger charge is 2.34. The molecule has 0 spiro atoms. The van der Waals surface area contributed by atoms with Crippen molar-refractivity contribution in [2.24, 2.45) is 12.8 Å². The molecule has 7 nitrogen and oxygen atoms in total. The van der Waals surface area contributed by atoms with Crippen LogP contribution in [0.25, 0.3) is 33.6 Å². The van der Waals surface area contributed by atoms with Gasteiger partial charge in [-0.25, -0.2) is 0 Å². The van der Waals surface area contributed by atoms with Gasteiger partial charge in [-0.15, -0.1) is 0 Å². The van der Waals surface area contributed by atoms with Gasteiger partial charge in [0.15, 0.2) is 0 Å². The zero-order chi connectivity index (χ0) is 23.4. The summed E-state index contributed by atoms with van der Waals surface area (Å²) < 4.78 is 7.88. The van der Waals surface area contributed by atoms with Crippen LogP contribution in [0.4, 0.5) is 5.95 Å². The van der Waals surface area contributed by atoms with Crippen molar-refractivity contribution in [3.8, 4) is 22.5 Å². The molecule has 1 saturated heterocycles. The quantitative estimate of drug-likeness (QED) is 0.485. The van der Waals surface area contributed by atoms with E-state index in [9.17, 15) is 9.90 Å². The van der Waals surface area contributed by atoms with Crippen LogP contribution in [0.3, 0.4) is 0 Å².